The molecule has 6 nitrogen and oxygen atoms in total. The summed E-state index contributed by atoms with van der Waals surface area (Å²) in [5, 5.41) is 3.31. The molecule has 0 bridgehead atoms. The second-order valence-corrected chi connectivity index (χ2v) is 6.95. The number of hydrogen-bond acceptors (Lipinski definition) is 5. The molecule has 0 radical (unpaired) electrons. The van der Waals surface area contributed by atoms with Crippen molar-refractivity contribution in [2.24, 2.45) is 0 Å². The van der Waals surface area contributed by atoms with Gasteiger partial charge in [-0.15, -0.1) is 0 Å². The highest BCUT2D eigenvalue weighted by Gasteiger charge is 2.17. The van der Waals surface area contributed by atoms with Gasteiger partial charge >= 0.3 is 0 Å². The molecule has 8 heteroatoms. The number of nitrogens with one attached hydrogen (secondary N) is 1. The van der Waals surface area contributed by atoms with E-state index in [1.807, 2.05) is 6.92 Å². The Morgan fingerprint density at radius 1 is 1.07 bits per heavy atom. The van der Waals surface area contributed by atoms with E-state index in [2.05, 4.69) is 15.3 Å². The predicted molar refractivity (Wildman–Crippen MR) is 110 cm³/mol. The highest BCUT2D eigenvalue weighted by Crippen LogP contribution is 2.23. The summed E-state index contributed by atoms with van der Waals surface area (Å²) in [5.74, 6) is -0.600. The average molecular weight is 415 g/mol. The van der Waals surface area contributed by atoms with E-state index in [0.29, 0.717) is 16.3 Å². The van der Waals surface area contributed by atoms with Gasteiger partial charge in [-0.05, 0) is 36.2 Å². The molecule has 1 amide bonds. The summed E-state index contributed by atoms with van der Waals surface area (Å²) in [7, 11) is 0. The number of amides is 1. The van der Waals surface area contributed by atoms with E-state index in [-0.39, 0.29) is 28.7 Å². The average Bonchev–Trinajstić information content (AvgIpc) is 2.67. The molecule has 0 aliphatic rings. The van der Waals surface area contributed by atoms with Crippen LogP contribution in [0.2, 0.25) is 10.0 Å². The van der Waals surface area contributed by atoms with E-state index >= 15 is 0 Å². The van der Waals surface area contributed by atoms with Crippen LogP contribution in [0.4, 0.5) is 11.5 Å². The molecule has 1 heterocycles. The summed E-state index contributed by atoms with van der Waals surface area (Å²) >= 11 is 11.9. The lowest BCUT2D eigenvalue weighted by molar-refractivity contribution is 0.0989. The van der Waals surface area contributed by atoms with Crippen LogP contribution in [0.25, 0.3) is 0 Å². The Labute approximate surface area is 171 Å². The van der Waals surface area contributed by atoms with Crippen molar-refractivity contribution in [1.29, 1.82) is 0 Å². The lowest BCUT2D eigenvalue weighted by Gasteiger charge is -2.11. The maximum atomic E-state index is 12.6. The zero-order valence-electron chi connectivity index (χ0n) is 14.9. The monoisotopic (exact) mass is 414 g/mol. The van der Waals surface area contributed by atoms with E-state index in [0.717, 1.165) is 17.5 Å². The van der Waals surface area contributed by atoms with Crippen LogP contribution < -0.4 is 11.1 Å². The third-order valence-electron chi connectivity index (χ3n) is 4.12. The standard InChI is InChI=1S/C20H16Cl2N4O2/c1-11-2-5-13(16(27)8-12-3-6-14(21)7-4-12)9-15(11)26-20(28)18-17(22)19(23)25-10-24-18/h2-7,9-10H,8H2,1H3,(H,26,28)(H2,23,24,25). The van der Waals surface area contributed by atoms with Gasteiger partial charge in [0.05, 0.1) is 0 Å². The topological polar surface area (TPSA) is 98.0 Å². The molecule has 3 rings (SSSR count). The molecule has 3 aromatic rings. The zero-order chi connectivity index (χ0) is 20.3. The Morgan fingerprint density at radius 2 is 1.79 bits per heavy atom. The van der Waals surface area contributed by atoms with Gasteiger partial charge < -0.3 is 11.1 Å². The van der Waals surface area contributed by atoms with Crippen LogP contribution in [0.5, 0.6) is 0 Å². The summed E-state index contributed by atoms with van der Waals surface area (Å²) in [4.78, 5) is 32.7. The first kappa shape index (κ1) is 19.8. The van der Waals surface area contributed by atoms with Gasteiger partial charge in [-0.1, -0.05) is 47.5 Å². The number of nitrogens with zero attached hydrogens (tertiary/aromatic N) is 2. The maximum Gasteiger partial charge on any atom is 0.276 e. The quantitative estimate of drug-likeness (QED) is 0.604. The number of aryl methyl sites for hydroxylation is 1. The molecular weight excluding hydrogens is 399 g/mol. The molecule has 0 spiro atoms. The van der Waals surface area contributed by atoms with Gasteiger partial charge in [0, 0.05) is 22.7 Å². The van der Waals surface area contributed by atoms with Gasteiger partial charge in [0.1, 0.15) is 17.2 Å². The third-order valence-corrected chi connectivity index (χ3v) is 4.74. The van der Waals surface area contributed by atoms with Crippen LogP contribution >= 0.6 is 23.2 Å². The molecule has 0 aliphatic heterocycles. The highest BCUT2D eigenvalue weighted by atomic mass is 35.5. The van der Waals surface area contributed by atoms with E-state index in [1.54, 1.807) is 42.5 Å². The fourth-order valence-electron chi connectivity index (χ4n) is 2.54. The Kier molecular flexibility index (Phi) is 5.92. The van der Waals surface area contributed by atoms with Gasteiger partial charge in [0.2, 0.25) is 0 Å². The second-order valence-electron chi connectivity index (χ2n) is 6.13. The minimum atomic E-state index is -0.537. The molecule has 142 valence electrons. The predicted octanol–water partition coefficient (Wildman–Crippen LogP) is 4.35. The smallest absolute Gasteiger partial charge is 0.276 e. The van der Waals surface area contributed by atoms with Crippen LogP contribution in [0.15, 0.2) is 48.8 Å². The SMILES string of the molecule is Cc1ccc(C(=O)Cc2ccc(Cl)cc2)cc1NC(=O)c1ncnc(N)c1Cl. The Hall–Kier alpha value is -2.96. The van der Waals surface area contributed by atoms with Crippen molar-refractivity contribution >= 4 is 46.4 Å². The van der Waals surface area contributed by atoms with Crippen molar-refractivity contribution in [2.75, 3.05) is 11.1 Å². The van der Waals surface area contributed by atoms with Gasteiger partial charge in [-0.25, -0.2) is 9.97 Å². The maximum absolute atomic E-state index is 12.6. The number of carbonyl (C=O) groups excluding carboxylic acids is 2. The van der Waals surface area contributed by atoms with Crippen LogP contribution in [0, 0.1) is 6.92 Å². The van der Waals surface area contributed by atoms with Crippen molar-refractivity contribution in [3.63, 3.8) is 0 Å². The number of hydrogen-bond donors (Lipinski definition) is 2. The molecule has 0 saturated heterocycles. The van der Waals surface area contributed by atoms with Gasteiger partial charge in [0.25, 0.3) is 5.91 Å². The fourth-order valence-corrected chi connectivity index (χ4v) is 2.85. The van der Waals surface area contributed by atoms with Crippen LogP contribution in [0.1, 0.15) is 32.0 Å². The molecule has 2 aromatic carbocycles. The van der Waals surface area contributed by atoms with Crippen molar-refractivity contribution in [1.82, 2.24) is 9.97 Å². The van der Waals surface area contributed by atoms with Crippen molar-refractivity contribution < 1.29 is 9.59 Å². The molecule has 0 unspecified atom stereocenters. The first-order valence-corrected chi connectivity index (χ1v) is 9.06. The van der Waals surface area contributed by atoms with E-state index in [9.17, 15) is 9.59 Å². The first-order valence-electron chi connectivity index (χ1n) is 8.31. The van der Waals surface area contributed by atoms with E-state index < -0.39 is 5.91 Å². The van der Waals surface area contributed by atoms with Crippen LogP contribution in [-0.4, -0.2) is 21.7 Å². The number of halogens is 2. The molecule has 0 atom stereocenters. The lowest BCUT2D eigenvalue weighted by Crippen LogP contribution is -2.16. The summed E-state index contributed by atoms with van der Waals surface area (Å²) in [6.45, 7) is 1.82. The Bertz CT molecular complexity index is 1050. The Balaban J connectivity index is 1.81. The van der Waals surface area contributed by atoms with Gasteiger partial charge in [-0.3, -0.25) is 9.59 Å². The molecule has 3 N–H and O–H groups in total. The minimum absolute atomic E-state index is 0.0189. The van der Waals surface area contributed by atoms with Gasteiger partial charge in [0.15, 0.2) is 11.5 Å². The molecule has 0 aliphatic carbocycles. The lowest BCUT2D eigenvalue weighted by atomic mass is 10.0. The zero-order valence-corrected chi connectivity index (χ0v) is 16.4. The number of rotatable bonds is 5. The molecule has 28 heavy (non-hydrogen) atoms. The summed E-state index contributed by atoms with van der Waals surface area (Å²) < 4.78 is 0. The van der Waals surface area contributed by atoms with Crippen LogP contribution in [0.3, 0.4) is 0 Å². The largest absolute Gasteiger partial charge is 0.382 e. The first-order chi connectivity index (χ1) is 13.3. The van der Waals surface area contributed by atoms with E-state index in [4.69, 9.17) is 28.9 Å². The minimum Gasteiger partial charge on any atom is -0.382 e. The molecular formula is C20H16Cl2N4O2. The molecule has 0 fully saturated rings. The third kappa shape index (κ3) is 4.47. The summed E-state index contributed by atoms with van der Waals surface area (Å²) in [6.07, 6.45) is 1.39. The number of nitrogen functional groups attached to an aromatic ring is 1. The van der Waals surface area contributed by atoms with E-state index in [1.165, 1.54) is 0 Å². The number of ketones is 1. The Morgan fingerprint density at radius 3 is 2.50 bits per heavy atom. The van der Waals surface area contributed by atoms with Crippen LogP contribution in [-0.2, 0) is 6.42 Å². The van der Waals surface area contributed by atoms with Crippen molar-refractivity contribution in [3.05, 3.63) is 81.2 Å². The molecule has 1 aromatic heterocycles. The number of anilines is 2. The van der Waals surface area contributed by atoms with Gasteiger partial charge in [-0.2, -0.15) is 0 Å². The second kappa shape index (κ2) is 8.37. The number of Topliss-reactive ketones (excluding diaryl/α,β-unsaturated/α-hetero) is 1. The number of carbonyl (C=O) groups is 2. The normalized spacial score (nSPS) is 10.5. The number of aromatic nitrogens is 2. The summed E-state index contributed by atoms with van der Waals surface area (Å²) in [5.41, 5.74) is 8.18. The summed E-state index contributed by atoms with van der Waals surface area (Å²) in [6, 6.07) is 12.2. The highest BCUT2D eigenvalue weighted by molar-refractivity contribution is 6.36. The number of benzene rings is 2. The fraction of sp³-hybridized carbons (Fsp3) is 0.100. The van der Waals surface area contributed by atoms with Crippen molar-refractivity contribution in [3.8, 4) is 0 Å². The number of nitrogens with two attached hydrogens (primary N) is 1. The van der Waals surface area contributed by atoms with Crippen molar-refractivity contribution in [2.45, 2.75) is 13.3 Å². The molecule has 0 saturated carbocycles.